The molecular formula is C14H17NO2S. The maximum atomic E-state index is 12.1. The number of aryl methyl sites for hydroxylation is 1. The van der Waals surface area contributed by atoms with Crippen LogP contribution in [0, 0.1) is 6.92 Å². The highest BCUT2D eigenvalue weighted by atomic mass is 32.2. The number of rotatable bonds is 2. The third kappa shape index (κ3) is 2.88. The van der Waals surface area contributed by atoms with Gasteiger partial charge in [0.2, 0.25) is 0 Å². The fourth-order valence-corrected chi connectivity index (χ4v) is 3.04. The molecule has 3 nitrogen and oxygen atoms in total. The molecule has 0 radical (unpaired) electrons. The van der Waals surface area contributed by atoms with Gasteiger partial charge in [0.15, 0.2) is 0 Å². The lowest BCUT2D eigenvalue weighted by Crippen LogP contribution is -2.09. The first-order chi connectivity index (χ1) is 8.49. The van der Waals surface area contributed by atoms with Gasteiger partial charge in [0.05, 0.1) is 10.6 Å². The predicted molar refractivity (Wildman–Crippen MR) is 73.4 cm³/mol. The van der Waals surface area contributed by atoms with Crippen molar-refractivity contribution in [3.05, 3.63) is 41.5 Å². The highest BCUT2D eigenvalue weighted by Crippen LogP contribution is 2.19. The van der Waals surface area contributed by atoms with Crippen LogP contribution < -0.4 is 0 Å². The summed E-state index contributed by atoms with van der Waals surface area (Å²) in [6.07, 6.45) is 4.77. The SMILES string of the molecule is CC1=CCCC/C1=N\S(=O)(=O)c1ccc(C)cc1. The Hall–Kier alpha value is -1.42. The van der Waals surface area contributed by atoms with Crippen LogP contribution in [0.5, 0.6) is 0 Å². The predicted octanol–water partition coefficient (Wildman–Crippen LogP) is 3.25. The van der Waals surface area contributed by atoms with Crippen LogP contribution in [0.4, 0.5) is 0 Å². The van der Waals surface area contributed by atoms with Gasteiger partial charge >= 0.3 is 0 Å². The van der Waals surface area contributed by atoms with E-state index in [1.165, 1.54) is 0 Å². The van der Waals surface area contributed by atoms with Gasteiger partial charge in [0.1, 0.15) is 0 Å². The molecule has 0 spiro atoms. The summed E-state index contributed by atoms with van der Waals surface area (Å²) in [7, 11) is -3.56. The minimum Gasteiger partial charge on any atom is -0.199 e. The summed E-state index contributed by atoms with van der Waals surface area (Å²) in [4.78, 5) is 0.263. The van der Waals surface area contributed by atoms with Crippen LogP contribution in [0.3, 0.4) is 0 Å². The normalized spacial score (nSPS) is 18.8. The quantitative estimate of drug-likeness (QED) is 0.822. The molecule has 0 aliphatic heterocycles. The van der Waals surface area contributed by atoms with Crippen molar-refractivity contribution in [3.63, 3.8) is 0 Å². The first-order valence-electron chi connectivity index (χ1n) is 6.07. The molecule has 1 aliphatic rings. The number of hydrogen-bond donors (Lipinski definition) is 0. The summed E-state index contributed by atoms with van der Waals surface area (Å²) in [6, 6.07) is 6.79. The monoisotopic (exact) mass is 263 g/mol. The lowest BCUT2D eigenvalue weighted by atomic mass is 9.99. The van der Waals surface area contributed by atoms with Gasteiger partial charge in [0, 0.05) is 0 Å². The molecule has 1 aromatic carbocycles. The van der Waals surface area contributed by atoms with Crippen molar-refractivity contribution >= 4 is 15.7 Å². The van der Waals surface area contributed by atoms with E-state index in [2.05, 4.69) is 4.40 Å². The third-order valence-electron chi connectivity index (χ3n) is 3.07. The summed E-state index contributed by atoms with van der Waals surface area (Å²) in [5.41, 5.74) is 2.72. The van der Waals surface area contributed by atoms with Gasteiger partial charge in [-0.3, -0.25) is 0 Å². The van der Waals surface area contributed by atoms with Crippen LogP contribution >= 0.6 is 0 Å². The molecule has 0 aromatic heterocycles. The van der Waals surface area contributed by atoms with Gasteiger partial charge in [-0.1, -0.05) is 23.8 Å². The van der Waals surface area contributed by atoms with Crippen molar-refractivity contribution in [2.75, 3.05) is 0 Å². The van der Waals surface area contributed by atoms with Crippen molar-refractivity contribution in [2.45, 2.75) is 38.0 Å². The van der Waals surface area contributed by atoms with E-state index in [4.69, 9.17) is 0 Å². The van der Waals surface area contributed by atoms with E-state index in [9.17, 15) is 8.42 Å². The van der Waals surface area contributed by atoms with E-state index < -0.39 is 10.0 Å². The Kier molecular flexibility index (Phi) is 3.66. The molecule has 4 heteroatoms. The van der Waals surface area contributed by atoms with Gasteiger partial charge in [0.25, 0.3) is 10.0 Å². The van der Waals surface area contributed by atoms with E-state index in [0.717, 1.165) is 30.4 Å². The smallest absolute Gasteiger partial charge is 0.199 e. The number of sulfonamides is 1. The first kappa shape index (κ1) is 13.0. The van der Waals surface area contributed by atoms with Crippen molar-refractivity contribution in [1.82, 2.24) is 0 Å². The van der Waals surface area contributed by atoms with Crippen LogP contribution in [0.2, 0.25) is 0 Å². The number of allylic oxidation sites excluding steroid dienone is 2. The highest BCUT2D eigenvalue weighted by Gasteiger charge is 2.16. The minimum atomic E-state index is -3.56. The highest BCUT2D eigenvalue weighted by molar-refractivity contribution is 7.90. The molecule has 1 aliphatic carbocycles. The second-order valence-electron chi connectivity index (χ2n) is 4.61. The zero-order chi connectivity index (χ0) is 13.2. The molecule has 0 saturated carbocycles. The number of nitrogens with zero attached hydrogens (tertiary/aromatic N) is 1. The lowest BCUT2D eigenvalue weighted by Gasteiger charge is -2.11. The van der Waals surface area contributed by atoms with E-state index in [0.29, 0.717) is 5.71 Å². The third-order valence-corrected chi connectivity index (χ3v) is 4.40. The van der Waals surface area contributed by atoms with Crippen molar-refractivity contribution < 1.29 is 8.42 Å². The molecule has 0 atom stereocenters. The van der Waals surface area contributed by atoms with E-state index >= 15 is 0 Å². The Morgan fingerprint density at radius 3 is 2.39 bits per heavy atom. The van der Waals surface area contributed by atoms with E-state index in [1.54, 1.807) is 24.3 Å². The molecule has 0 fully saturated rings. The standard InChI is InChI=1S/C14H17NO2S/c1-11-7-9-13(10-8-11)18(16,17)15-14-6-4-3-5-12(14)2/h5,7-10H,3-4,6H2,1-2H3/b15-14+. The molecule has 0 N–H and O–H groups in total. The average Bonchev–Trinajstić information content (AvgIpc) is 2.32. The summed E-state index contributed by atoms with van der Waals surface area (Å²) in [6.45, 7) is 3.85. The molecule has 0 saturated heterocycles. The maximum Gasteiger partial charge on any atom is 0.282 e. The van der Waals surface area contributed by atoms with Gasteiger partial charge in [-0.25, -0.2) is 0 Å². The fourth-order valence-electron chi connectivity index (χ4n) is 1.93. The Bertz CT molecular complexity index is 595. The van der Waals surface area contributed by atoms with Crippen molar-refractivity contribution in [1.29, 1.82) is 0 Å². The Labute approximate surface area is 108 Å². The van der Waals surface area contributed by atoms with Crippen LogP contribution in [0.25, 0.3) is 0 Å². The van der Waals surface area contributed by atoms with Crippen molar-refractivity contribution in [3.8, 4) is 0 Å². The molecule has 0 unspecified atom stereocenters. The van der Waals surface area contributed by atoms with E-state index in [1.807, 2.05) is 19.9 Å². The molecule has 96 valence electrons. The Morgan fingerprint density at radius 1 is 1.11 bits per heavy atom. The summed E-state index contributed by atoms with van der Waals surface area (Å²) in [5, 5.41) is 0. The van der Waals surface area contributed by atoms with Crippen molar-refractivity contribution in [2.24, 2.45) is 4.40 Å². The zero-order valence-corrected chi connectivity index (χ0v) is 11.5. The molecule has 18 heavy (non-hydrogen) atoms. The topological polar surface area (TPSA) is 46.5 Å². The molecule has 1 aromatic rings. The molecule has 0 amide bonds. The second-order valence-corrected chi connectivity index (χ2v) is 6.21. The summed E-state index contributed by atoms with van der Waals surface area (Å²) < 4.78 is 28.3. The van der Waals surface area contributed by atoms with Gasteiger partial charge in [-0.2, -0.15) is 12.8 Å². The molecule has 0 heterocycles. The summed E-state index contributed by atoms with van der Waals surface area (Å²) in [5.74, 6) is 0. The van der Waals surface area contributed by atoms with Crippen LogP contribution in [0.1, 0.15) is 31.7 Å². The van der Waals surface area contributed by atoms with Crippen LogP contribution in [-0.4, -0.2) is 14.1 Å². The Morgan fingerprint density at radius 2 is 1.78 bits per heavy atom. The summed E-state index contributed by atoms with van der Waals surface area (Å²) >= 11 is 0. The number of hydrogen-bond acceptors (Lipinski definition) is 2. The second kappa shape index (κ2) is 5.06. The first-order valence-corrected chi connectivity index (χ1v) is 7.51. The molecule has 2 rings (SSSR count). The van der Waals surface area contributed by atoms with Crippen LogP contribution in [-0.2, 0) is 10.0 Å². The van der Waals surface area contributed by atoms with Crippen LogP contribution in [0.15, 0.2) is 45.2 Å². The van der Waals surface area contributed by atoms with E-state index in [-0.39, 0.29) is 4.90 Å². The molecular weight excluding hydrogens is 246 g/mol. The lowest BCUT2D eigenvalue weighted by molar-refractivity contribution is 0.597. The van der Waals surface area contributed by atoms with Gasteiger partial charge in [-0.15, -0.1) is 0 Å². The molecule has 0 bridgehead atoms. The minimum absolute atomic E-state index is 0.263. The Balaban J connectivity index is 2.38. The van der Waals surface area contributed by atoms with Gasteiger partial charge < -0.3 is 0 Å². The largest absolute Gasteiger partial charge is 0.282 e. The van der Waals surface area contributed by atoms with Gasteiger partial charge in [-0.05, 0) is 50.8 Å². The maximum absolute atomic E-state index is 12.1. The number of benzene rings is 1. The zero-order valence-electron chi connectivity index (χ0n) is 10.7. The fraction of sp³-hybridized carbons (Fsp3) is 0.357. The average molecular weight is 263 g/mol.